The summed E-state index contributed by atoms with van der Waals surface area (Å²) >= 11 is 0. The summed E-state index contributed by atoms with van der Waals surface area (Å²) in [6.07, 6.45) is 5.29. The summed E-state index contributed by atoms with van der Waals surface area (Å²) in [7, 11) is 0. The normalized spacial score (nSPS) is 12.6. The highest BCUT2D eigenvalue weighted by molar-refractivity contribution is 5.78. The van der Waals surface area contributed by atoms with Gasteiger partial charge in [0.15, 0.2) is 0 Å². The zero-order chi connectivity index (χ0) is 27.1. The highest BCUT2D eigenvalue weighted by atomic mass is 16.2. The quantitative estimate of drug-likeness (QED) is 0.125. The van der Waals surface area contributed by atoms with Gasteiger partial charge in [-0.1, -0.05) is 24.3 Å². The molecular formula is C29H42N8O2. The molecule has 0 aliphatic carbocycles. The van der Waals surface area contributed by atoms with Gasteiger partial charge in [0, 0.05) is 32.4 Å². The number of hydrogen-bond donors (Lipinski definition) is 7. The molecule has 2 aromatic carbocycles. The average Bonchev–Trinajstić information content (AvgIpc) is 3.56. The largest absolute Gasteiger partial charge is 0.364 e. The fourth-order valence-corrected chi connectivity index (χ4v) is 4.57. The van der Waals surface area contributed by atoms with E-state index in [4.69, 9.17) is 0 Å². The lowest BCUT2D eigenvalue weighted by molar-refractivity contribution is -0.121. The van der Waals surface area contributed by atoms with Gasteiger partial charge >= 0.3 is 0 Å². The van der Waals surface area contributed by atoms with Crippen molar-refractivity contribution in [1.82, 2.24) is 31.2 Å². The molecule has 0 spiro atoms. The molecule has 1 aliphatic rings. The number of nitrogens with zero attached hydrogens (tertiary/aromatic N) is 1. The summed E-state index contributed by atoms with van der Waals surface area (Å²) in [6, 6.07) is 16.0. The van der Waals surface area contributed by atoms with Crippen molar-refractivity contribution in [3.05, 3.63) is 54.4 Å². The lowest BCUT2D eigenvalue weighted by atomic mass is 10.2. The maximum absolute atomic E-state index is 12.1. The first-order valence-electron chi connectivity index (χ1n) is 14.2. The molecule has 10 heteroatoms. The summed E-state index contributed by atoms with van der Waals surface area (Å²) in [5.41, 5.74) is 4.14. The van der Waals surface area contributed by atoms with Crippen LogP contribution in [0.4, 0.5) is 11.4 Å². The van der Waals surface area contributed by atoms with Crippen molar-refractivity contribution in [3.63, 3.8) is 0 Å². The first-order chi connectivity index (χ1) is 19.2. The van der Waals surface area contributed by atoms with Gasteiger partial charge < -0.3 is 36.9 Å². The van der Waals surface area contributed by atoms with Gasteiger partial charge in [-0.2, -0.15) is 0 Å². The second-order valence-electron chi connectivity index (χ2n) is 9.89. The minimum absolute atomic E-state index is 0.0599. The summed E-state index contributed by atoms with van der Waals surface area (Å²) in [6.45, 7) is 5.03. The zero-order valence-electron chi connectivity index (χ0n) is 22.7. The van der Waals surface area contributed by atoms with E-state index in [9.17, 15) is 9.59 Å². The van der Waals surface area contributed by atoms with Crippen molar-refractivity contribution in [2.75, 3.05) is 49.9 Å². The number of aromatic amines is 1. The van der Waals surface area contributed by atoms with Crippen molar-refractivity contribution in [2.24, 2.45) is 0 Å². The van der Waals surface area contributed by atoms with Crippen LogP contribution in [0.1, 0.15) is 44.3 Å². The fraction of sp³-hybridized carbons (Fsp3) is 0.483. The van der Waals surface area contributed by atoms with Crippen LogP contribution in [0.2, 0.25) is 0 Å². The Balaban J connectivity index is 0.885. The number of para-hydroxylation sites is 4. The van der Waals surface area contributed by atoms with Gasteiger partial charge in [-0.25, -0.2) is 4.98 Å². The fourth-order valence-electron chi connectivity index (χ4n) is 4.57. The molecule has 1 aromatic heterocycles. The average molecular weight is 535 g/mol. The molecule has 0 atom stereocenters. The van der Waals surface area contributed by atoms with Gasteiger partial charge in [0.05, 0.1) is 28.6 Å². The van der Waals surface area contributed by atoms with Crippen molar-refractivity contribution in [1.29, 1.82) is 0 Å². The van der Waals surface area contributed by atoms with E-state index in [-0.39, 0.29) is 18.0 Å². The zero-order valence-corrected chi connectivity index (χ0v) is 22.7. The molecule has 0 fully saturated rings. The van der Waals surface area contributed by atoms with Crippen LogP contribution in [0.25, 0.3) is 11.0 Å². The third-order valence-corrected chi connectivity index (χ3v) is 6.69. The van der Waals surface area contributed by atoms with Crippen molar-refractivity contribution >= 4 is 34.2 Å². The first-order valence-corrected chi connectivity index (χ1v) is 14.2. The van der Waals surface area contributed by atoms with Crippen LogP contribution < -0.4 is 31.9 Å². The molecule has 0 unspecified atom stereocenters. The summed E-state index contributed by atoms with van der Waals surface area (Å²) in [4.78, 5) is 31.9. The SMILES string of the molecule is O=C(CCc1nc2ccccc2[nH]1)NCCCNCCCNCCCNC(=O)CCC1Nc2ccccc2N1. The van der Waals surface area contributed by atoms with Gasteiger partial charge in [-0.3, -0.25) is 9.59 Å². The summed E-state index contributed by atoms with van der Waals surface area (Å²) in [5, 5.41) is 19.6. The van der Waals surface area contributed by atoms with Crippen LogP contribution in [-0.2, 0) is 16.0 Å². The molecule has 2 heterocycles. The van der Waals surface area contributed by atoms with Gasteiger partial charge in [-0.05, 0) is 76.1 Å². The van der Waals surface area contributed by atoms with E-state index in [2.05, 4.69) is 41.9 Å². The number of benzene rings is 2. The number of aromatic nitrogens is 2. The predicted octanol–water partition coefficient (Wildman–Crippen LogP) is 2.72. The highest BCUT2D eigenvalue weighted by Gasteiger charge is 2.19. The number of H-pyrrole nitrogens is 1. The minimum Gasteiger partial charge on any atom is -0.364 e. The van der Waals surface area contributed by atoms with E-state index in [1.807, 2.05) is 48.5 Å². The van der Waals surface area contributed by atoms with Gasteiger partial charge in [-0.15, -0.1) is 0 Å². The number of amides is 2. The number of fused-ring (bicyclic) bond motifs is 2. The highest BCUT2D eigenvalue weighted by Crippen LogP contribution is 2.29. The molecule has 3 aromatic rings. The van der Waals surface area contributed by atoms with Crippen LogP contribution in [0, 0.1) is 0 Å². The Morgan fingerprint density at radius 2 is 1.28 bits per heavy atom. The molecular weight excluding hydrogens is 492 g/mol. The number of nitrogens with one attached hydrogen (secondary N) is 7. The van der Waals surface area contributed by atoms with Gasteiger partial charge in [0.25, 0.3) is 0 Å². The Morgan fingerprint density at radius 1 is 0.718 bits per heavy atom. The molecule has 10 nitrogen and oxygen atoms in total. The number of rotatable bonds is 18. The number of carbonyl (C=O) groups is 2. The predicted molar refractivity (Wildman–Crippen MR) is 157 cm³/mol. The summed E-state index contributed by atoms with van der Waals surface area (Å²) < 4.78 is 0. The molecule has 0 saturated carbocycles. The van der Waals surface area contributed by atoms with Gasteiger partial charge in [0.1, 0.15) is 5.82 Å². The first kappa shape index (κ1) is 28.4. The van der Waals surface area contributed by atoms with Crippen LogP contribution in [-0.4, -0.2) is 67.2 Å². The molecule has 0 saturated heterocycles. The molecule has 39 heavy (non-hydrogen) atoms. The van der Waals surface area contributed by atoms with Crippen LogP contribution in [0.15, 0.2) is 48.5 Å². The van der Waals surface area contributed by atoms with E-state index < -0.39 is 0 Å². The summed E-state index contributed by atoms with van der Waals surface area (Å²) in [5.74, 6) is 1.01. The number of carbonyl (C=O) groups excluding carboxylic acids is 2. The Kier molecular flexibility index (Phi) is 11.4. The maximum atomic E-state index is 12.1. The van der Waals surface area contributed by atoms with E-state index in [0.717, 1.165) is 80.1 Å². The van der Waals surface area contributed by atoms with E-state index in [1.54, 1.807) is 0 Å². The number of imidazole rings is 1. The van der Waals surface area contributed by atoms with Crippen LogP contribution in [0.5, 0.6) is 0 Å². The lowest BCUT2D eigenvalue weighted by Crippen LogP contribution is -2.30. The molecule has 2 amide bonds. The maximum Gasteiger partial charge on any atom is 0.220 e. The Hall–Kier alpha value is -3.63. The third-order valence-electron chi connectivity index (χ3n) is 6.69. The molecule has 0 bridgehead atoms. The van der Waals surface area contributed by atoms with Crippen LogP contribution in [0.3, 0.4) is 0 Å². The lowest BCUT2D eigenvalue weighted by Gasteiger charge is -2.12. The van der Waals surface area contributed by atoms with E-state index in [0.29, 0.717) is 32.4 Å². The van der Waals surface area contributed by atoms with Crippen molar-refractivity contribution in [2.45, 2.75) is 51.1 Å². The Morgan fingerprint density at radius 3 is 1.92 bits per heavy atom. The van der Waals surface area contributed by atoms with Crippen molar-refractivity contribution < 1.29 is 9.59 Å². The van der Waals surface area contributed by atoms with Gasteiger partial charge in [0.2, 0.25) is 11.8 Å². The number of hydrogen-bond acceptors (Lipinski definition) is 7. The standard InChI is InChI=1S/C29H42N8O2/c38-28(14-12-26-34-22-8-1-2-9-23(22)35-26)32-20-6-18-30-16-5-17-31-19-7-21-33-29(39)15-13-27-36-24-10-3-4-11-25(24)37-27/h1-4,8-11,26,30-31,34-35H,5-7,12-21H2,(H,32,38)(H,33,39)(H,36,37). The second-order valence-corrected chi connectivity index (χ2v) is 9.89. The smallest absolute Gasteiger partial charge is 0.220 e. The molecule has 0 radical (unpaired) electrons. The molecule has 7 N–H and O–H groups in total. The van der Waals surface area contributed by atoms with Crippen LogP contribution >= 0.6 is 0 Å². The molecule has 1 aliphatic heterocycles. The minimum atomic E-state index is 0.0599. The Bertz CT molecular complexity index is 1120. The van der Waals surface area contributed by atoms with E-state index in [1.165, 1.54) is 0 Å². The topological polar surface area (TPSA) is 135 Å². The second kappa shape index (κ2) is 15.7. The molecule has 210 valence electrons. The third kappa shape index (κ3) is 9.88. The number of aryl methyl sites for hydroxylation is 1. The van der Waals surface area contributed by atoms with Crippen molar-refractivity contribution in [3.8, 4) is 0 Å². The number of anilines is 2. The monoisotopic (exact) mass is 534 g/mol. The molecule has 4 rings (SSSR count). The van der Waals surface area contributed by atoms with E-state index >= 15 is 0 Å². The Labute approximate surface area is 230 Å².